The van der Waals surface area contributed by atoms with Gasteiger partial charge in [-0.1, -0.05) is 19.1 Å². The number of aryl methyl sites for hydroxylation is 3. The van der Waals surface area contributed by atoms with E-state index < -0.39 is 0 Å². The van der Waals surface area contributed by atoms with Gasteiger partial charge in [0, 0.05) is 18.9 Å². The Morgan fingerprint density at radius 1 is 1.11 bits per heavy atom. The van der Waals surface area contributed by atoms with Crippen LogP contribution < -0.4 is 4.90 Å². The van der Waals surface area contributed by atoms with Crippen molar-refractivity contribution in [2.24, 2.45) is 0 Å². The number of aromatic nitrogens is 1. The molecule has 0 aliphatic heterocycles. The topological polar surface area (TPSA) is 16.1 Å². The molecule has 19 heavy (non-hydrogen) atoms. The van der Waals surface area contributed by atoms with E-state index in [9.17, 15) is 0 Å². The van der Waals surface area contributed by atoms with Gasteiger partial charge in [0.05, 0.1) is 0 Å². The molecule has 3 rings (SSSR count). The first-order valence-electron chi connectivity index (χ1n) is 7.08. The van der Waals surface area contributed by atoms with Crippen LogP contribution in [-0.2, 0) is 19.3 Å². The normalized spacial score (nSPS) is 13.4. The third kappa shape index (κ3) is 2.35. The average molecular weight is 252 g/mol. The number of pyridine rings is 1. The third-order valence-electron chi connectivity index (χ3n) is 4.03. The summed E-state index contributed by atoms with van der Waals surface area (Å²) in [6, 6.07) is 11.1. The van der Waals surface area contributed by atoms with Gasteiger partial charge >= 0.3 is 0 Å². The van der Waals surface area contributed by atoms with Crippen LogP contribution in [-0.4, -0.2) is 12.0 Å². The van der Waals surface area contributed by atoms with Crippen molar-refractivity contribution in [3.8, 4) is 0 Å². The second kappa shape index (κ2) is 5.04. The molecule has 1 aromatic carbocycles. The van der Waals surface area contributed by atoms with Gasteiger partial charge in [0.15, 0.2) is 0 Å². The summed E-state index contributed by atoms with van der Waals surface area (Å²) in [5.41, 5.74) is 5.55. The molecule has 0 saturated carbocycles. The van der Waals surface area contributed by atoms with Gasteiger partial charge in [0.25, 0.3) is 0 Å². The van der Waals surface area contributed by atoms with Gasteiger partial charge in [-0.15, -0.1) is 0 Å². The molecule has 0 fully saturated rings. The summed E-state index contributed by atoms with van der Waals surface area (Å²) in [4.78, 5) is 6.71. The summed E-state index contributed by atoms with van der Waals surface area (Å²) < 4.78 is 0. The highest BCUT2D eigenvalue weighted by Crippen LogP contribution is 2.29. The lowest BCUT2D eigenvalue weighted by Gasteiger charge is -2.19. The van der Waals surface area contributed by atoms with Crippen molar-refractivity contribution in [1.82, 2.24) is 4.98 Å². The lowest BCUT2D eigenvalue weighted by molar-refractivity contribution is 0.911. The standard InChI is InChI=1S/C17H20N2/c1-3-13-7-10-17(18-12-13)19(2)16-9-8-14-5-4-6-15(14)11-16/h7-12H,3-6H2,1-2H3. The van der Waals surface area contributed by atoms with Crippen molar-refractivity contribution in [1.29, 1.82) is 0 Å². The van der Waals surface area contributed by atoms with E-state index in [0.717, 1.165) is 12.2 Å². The fourth-order valence-corrected chi connectivity index (χ4v) is 2.72. The number of fused-ring (bicyclic) bond motifs is 1. The maximum atomic E-state index is 4.55. The molecule has 2 aromatic rings. The first-order chi connectivity index (χ1) is 9.28. The summed E-state index contributed by atoms with van der Waals surface area (Å²) in [7, 11) is 2.09. The smallest absolute Gasteiger partial charge is 0.132 e. The third-order valence-corrected chi connectivity index (χ3v) is 4.03. The monoisotopic (exact) mass is 252 g/mol. The first-order valence-corrected chi connectivity index (χ1v) is 7.08. The Bertz CT molecular complexity index is 572. The highest BCUT2D eigenvalue weighted by atomic mass is 15.2. The van der Waals surface area contributed by atoms with Crippen molar-refractivity contribution in [2.45, 2.75) is 32.6 Å². The maximum absolute atomic E-state index is 4.55. The van der Waals surface area contributed by atoms with Crippen LogP contribution >= 0.6 is 0 Å². The van der Waals surface area contributed by atoms with Crippen LogP contribution in [0, 0.1) is 0 Å². The minimum Gasteiger partial charge on any atom is -0.329 e. The van der Waals surface area contributed by atoms with Gasteiger partial charge < -0.3 is 4.90 Å². The van der Waals surface area contributed by atoms with Gasteiger partial charge in [-0.25, -0.2) is 4.98 Å². The molecule has 2 heteroatoms. The van der Waals surface area contributed by atoms with E-state index >= 15 is 0 Å². The minimum absolute atomic E-state index is 1.01. The fraction of sp³-hybridized carbons (Fsp3) is 0.353. The number of rotatable bonds is 3. The number of benzene rings is 1. The summed E-state index contributed by atoms with van der Waals surface area (Å²) in [5, 5.41) is 0. The first kappa shape index (κ1) is 12.2. The second-order valence-corrected chi connectivity index (χ2v) is 5.24. The number of hydrogen-bond donors (Lipinski definition) is 0. The lowest BCUT2D eigenvalue weighted by Crippen LogP contribution is -2.11. The summed E-state index contributed by atoms with van der Waals surface area (Å²) in [5.74, 6) is 1.01. The van der Waals surface area contributed by atoms with E-state index in [0.29, 0.717) is 0 Å². The largest absolute Gasteiger partial charge is 0.329 e. The molecule has 0 unspecified atom stereocenters. The van der Waals surface area contributed by atoms with E-state index in [1.54, 1.807) is 0 Å². The van der Waals surface area contributed by atoms with Crippen LogP contribution in [0.4, 0.5) is 11.5 Å². The van der Waals surface area contributed by atoms with Crippen LogP contribution in [0.1, 0.15) is 30.0 Å². The van der Waals surface area contributed by atoms with Gasteiger partial charge in [-0.05, 0) is 60.6 Å². The summed E-state index contributed by atoms with van der Waals surface area (Å²) in [6.07, 6.45) is 6.77. The Morgan fingerprint density at radius 3 is 2.68 bits per heavy atom. The molecule has 1 aliphatic carbocycles. The van der Waals surface area contributed by atoms with Crippen molar-refractivity contribution in [3.05, 3.63) is 53.2 Å². The molecule has 0 spiro atoms. The molecule has 1 aliphatic rings. The molecule has 1 aromatic heterocycles. The molecule has 0 N–H and O–H groups in total. The van der Waals surface area contributed by atoms with Gasteiger partial charge in [-0.3, -0.25) is 0 Å². The Balaban J connectivity index is 1.88. The number of nitrogens with zero attached hydrogens (tertiary/aromatic N) is 2. The van der Waals surface area contributed by atoms with Crippen LogP contribution in [0.5, 0.6) is 0 Å². The van der Waals surface area contributed by atoms with E-state index in [1.165, 1.54) is 41.6 Å². The van der Waals surface area contributed by atoms with Crippen molar-refractivity contribution >= 4 is 11.5 Å². The zero-order chi connectivity index (χ0) is 13.2. The molecule has 0 amide bonds. The van der Waals surface area contributed by atoms with E-state index in [2.05, 4.69) is 54.2 Å². The van der Waals surface area contributed by atoms with Crippen LogP contribution in [0.15, 0.2) is 36.5 Å². The number of anilines is 2. The number of hydrogen-bond acceptors (Lipinski definition) is 2. The molecule has 1 heterocycles. The van der Waals surface area contributed by atoms with Gasteiger partial charge in [0.2, 0.25) is 0 Å². The quantitative estimate of drug-likeness (QED) is 0.823. The van der Waals surface area contributed by atoms with E-state index in [1.807, 2.05) is 6.20 Å². The Hall–Kier alpha value is -1.83. The Labute approximate surface area is 115 Å². The van der Waals surface area contributed by atoms with E-state index in [4.69, 9.17) is 0 Å². The van der Waals surface area contributed by atoms with Crippen molar-refractivity contribution in [3.63, 3.8) is 0 Å². The zero-order valence-electron chi connectivity index (χ0n) is 11.7. The molecule has 0 atom stereocenters. The van der Waals surface area contributed by atoms with Crippen LogP contribution in [0.2, 0.25) is 0 Å². The van der Waals surface area contributed by atoms with Gasteiger partial charge in [0.1, 0.15) is 5.82 Å². The fourth-order valence-electron chi connectivity index (χ4n) is 2.72. The molecule has 0 bridgehead atoms. The average Bonchev–Trinajstić information content (AvgIpc) is 2.94. The molecule has 0 saturated heterocycles. The van der Waals surface area contributed by atoms with Crippen LogP contribution in [0.25, 0.3) is 0 Å². The SMILES string of the molecule is CCc1ccc(N(C)c2ccc3c(c2)CCC3)nc1. The maximum Gasteiger partial charge on any atom is 0.132 e. The lowest BCUT2D eigenvalue weighted by atomic mass is 10.1. The summed E-state index contributed by atoms with van der Waals surface area (Å²) in [6.45, 7) is 2.15. The zero-order valence-corrected chi connectivity index (χ0v) is 11.7. The van der Waals surface area contributed by atoms with Gasteiger partial charge in [-0.2, -0.15) is 0 Å². The van der Waals surface area contributed by atoms with Crippen molar-refractivity contribution in [2.75, 3.05) is 11.9 Å². The molecule has 2 nitrogen and oxygen atoms in total. The summed E-state index contributed by atoms with van der Waals surface area (Å²) >= 11 is 0. The van der Waals surface area contributed by atoms with Crippen LogP contribution in [0.3, 0.4) is 0 Å². The second-order valence-electron chi connectivity index (χ2n) is 5.24. The molecule has 98 valence electrons. The predicted molar refractivity (Wildman–Crippen MR) is 80.1 cm³/mol. The predicted octanol–water partition coefficient (Wildman–Crippen LogP) is 3.90. The molecular formula is C17H20N2. The molecular weight excluding hydrogens is 232 g/mol. The van der Waals surface area contributed by atoms with E-state index in [-0.39, 0.29) is 0 Å². The minimum atomic E-state index is 1.01. The highest BCUT2D eigenvalue weighted by Gasteiger charge is 2.13. The Kier molecular flexibility index (Phi) is 3.24. The highest BCUT2D eigenvalue weighted by molar-refractivity contribution is 5.61. The van der Waals surface area contributed by atoms with Crippen molar-refractivity contribution < 1.29 is 0 Å². The molecule has 0 radical (unpaired) electrons. The Morgan fingerprint density at radius 2 is 1.95 bits per heavy atom.